The molecule has 44 valence electrons. The van der Waals surface area contributed by atoms with E-state index in [9.17, 15) is 0 Å². The first-order valence-electron chi connectivity index (χ1n) is 3.37. The Bertz CT molecular complexity index is 129. The Hall–Kier alpha value is 0.337. The summed E-state index contributed by atoms with van der Waals surface area (Å²) in [6.07, 6.45) is 7.44. The molecule has 0 aromatic carbocycles. The van der Waals surface area contributed by atoms with Gasteiger partial charge in [0, 0.05) is 0 Å². The summed E-state index contributed by atoms with van der Waals surface area (Å²) in [5.74, 6) is 2.49. The third kappa shape index (κ3) is 1.11. The van der Waals surface area contributed by atoms with Gasteiger partial charge < -0.3 is 6.92 Å². The van der Waals surface area contributed by atoms with E-state index in [0.29, 0.717) is 0 Å². The minimum absolute atomic E-state index is 0. The van der Waals surface area contributed by atoms with Crippen molar-refractivity contribution < 1.29 is 18.9 Å². The van der Waals surface area contributed by atoms with Gasteiger partial charge in [0.1, 0.15) is 0 Å². The SMILES string of the molecule is [CH2-][C@H]1C[C@H]2C=C[C@@H]1C2.[Li+]. The van der Waals surface area contributed by atoms with Crippen molar-refractivity contribution in [3.05, 3.63) is 19.1 Å². The van der Waals surface area contributed by atoms with Crippen molar-refractivity contribution in [3.63, 3.8) is 0 Å². The Kier molecular flexibility index (Phi) is 2.09. The van der Waals surface area contributed by atoms with Crippen LogP contribution in [0, 0.1) is 24.7 Å². The number of fused-ring (bicyclic) bond motifs is 2. The fourth-order valence-electron chi connectivity index (χ4n) is 1.89. The summed E-state index contributed by atoms with van der Waals surface area (Å²) in [5, 5.41) is 0. The zero-order chi connectivity index (χ0) is 5.56. The summed E-state index contributed by atoms with van der Waals surface area (Å²) < 4.78 is 0. The van der Waals surface area contributed by atoms with Crippen LogP contribution in [0.2, 0.25) is 0 Å². The van der Waals surface area contributed by atoms with Gasteiger partial charge in [0.05, 0.1) is 0 Å². The molecular weight excluding hydrogens is 103 g/mol. The Labute approximate surface area is 68.9 Å². The van der Waals surface area contributed by atoms with Crippen LogP contribution in [0.5, 0.6) is 0 Å². The van der Waals surface area contributed by atoms with E-state index in [-0.39, 0.29) is 18.9 Å². The van der Waals surface area contributed by atoms with Crippen LogP contribution in [0.15, 0.2) is 12.2 Å². The quantitative estimate of drug-likeness (QED) is 0.216. The van der Waals surface area contributed by atoms with E-state index in [1.165, 1.54) is 12.8 Å². The van der Waals surface area contributed by atoms with Gasteiger partial charge in [0.25, 0.3) is 0 Å². The van der Waals surface area contributed by atoms with Gasteiger partial charge >= 0.3 is 18.9 Å². The maximum atomic E-state index is 4.07. The van der Waals surface area contributed by atoms with E-state index in [1.807, 2.05) is 0 Å². The molecule has 9 heavy (non-hydrogen) atoms. The third-order valence-corrected chi connectivity index (χ3v) is 2.42. The molecule has 0 N–H and O–H groups in total. The van der Waals surface area contributed by atoms with Gasteiger partial charge in [-0.3, -0.25) is 0 Å². The molecular formula is C8H11Li. The normalized spacial score (nSPS) is 45.2. The molecule has 0 unspecified atom stereocenters. The Balaban J connectivity index is 0.000000405. The van der Waals surface area contributed by atoms with Gasteiger partial charge in [0.15, 0.2) is 0 Å². The topological polar surface area (TPSA) is 0 Å². The summed E-state index contributed by atoms with van der Waals surface area (Å²) in [5.41, 5.74) is 0. The molecule has 0 nitrogen and oxygen atoms in total. The molecule has 0 aromatic rings. The number of hydrogen-bond acceptors (Lipinski definition) is 0. The average molecular weight is 114 g/mol. The second kappa shape index (κ2) is 2.52. The zero-order valence-corrected chi connectivity index (χ0v) is 6.01. The molecule has 1 heteroatoms. The molecule has 2 bridgehead atoms. The van der Waals surface area contributed by atoms with Crippen molar-refractivity contribution in [2.45, 2.75) is 12.8 Å². The van der Waals surface area contributed by atoms with E-state index < -0.39 is 0 Å². The van der Waals surface area contributed by atoms with Gasteiger partial charge in [0.2, 0.25) is 0 Å². The maximum Gasteiger partial charge on any atom is 1.00 e. The zero-order valence-electron chi connectivity index (χ0n) is 6.01. The number of rotatable bonds is 0. The fourth-order valence-corrected chi connectivity index (χ4v) is 1.89. The van der Waals surface area contributed by atoms with E-state index in [2.05, 4.69) is 19.1 Å². The number of allylic oxidation sites excluding steroid dienone is 2. The van der Waals surface area contributed by atoms with Crippen LogP contribution >= 0.6 is 0 Å². The summed E-state index contributed by atoms with van der Waals surface area (Å²) >= 11 is 0. The molecule has 0 amide bonds. The first kappa shape index (κ1) is 7.44. The molecule has 0 spiro atoms. The first-order chi connectivity index (χ1) is 3.86. The van der Waals surface area contributed by atoms with Crippen LogP contribution < -0.4 is 18.9 Å². The second-order valence-electron chi connectivity index (χ2n) is 3.04. The van der Waals surface area contributed by atoms with Crippen molar-refractivity contribution in [1.82, 2.24) is 0 Å². The minimum atomic E-state index is 0. The molecule has 0 aliphatic heterocycles. The van der Waals surface area contributed by atoms with Gasteiger partial charge in [-0.15, -0.1) is 0 Å². The van der Waals surface area contributed by atoms with E-state index in [0.717, 1.165) is 17.8 Å². The first-order valence-corrected chi connectivity index (χ1v) is 3.37. The van der Waals surface area contributed by atoms with Crippen molar-refractivity contribution >= 4 is 0 Å². The molecule has 2 rings (SSSR count). The van der Waals surface area contributed by atoms with Gasteiger partial charge in [-0.25, -0.2) is 0 Å². The monoisotopic (exact) mass is 114 g/mol. The fraction of sp³-hybridized carbons (Fsp3) is 0.625. The van der Waals surface area contributed by atoms with Gasteiger partial charge in [-0.2, -0.15) is 5.92 Å². The van der Waals surface area contributed by atoms with Gasteiger partial charge in [-0.1, -0.05) is 18.6 Å². The summed E-state index contributed by atoms with van der Waals surface area (Å²) in [6.45, 7) is 4.07. The van der Waals surface area contributed by atoms with E-state index in [4.69, 9.17) is 0 Å². The van der Waals surface area contributed by atoms with Crippen LogP contribution in [0.25, 0.3) is 0 Å². The summed E-state index contributed by atoms with van der Waals surface area (Å²) in [6, 6.07) is 0. The molecule has 3 atom stereocenters. The van der Waals surface area contributed by atoms with Crippen LogP contribution in [0.4, 0.5) is 0 Å². The van der Waals surface area contributed by atoms with Crippen molar-refractivity contribution in [3.8, 4) is 0 Å². The molecule has 0 aromatic heterocycles. The third-order valence-electron chi connectivity index (χ3n) is 2.42. The van der Waals surface area contributed by atoms with Crippen LogP contribution in [-0.2, 0) is 0 Å². The predicted molar refractivity (Wildman–Crippen MR) is 34.2 cm³/mol. The second-order valence-corrected chi connectivity index (χ2v) is 3.04. The average Bonchev–Trinajstić information content (AvgIpc) is 2.23. The molecule has 1 saturated carbocycles. The van der Waals surface area contributed by atoms with Crippen molar-refractivity contribution in [2.75, 3.05) is 0 Å². The maximum absolute atomic E-state index is 4.07. The molecule has 1 fully saturated rings. The molecule has 2 aliphatic carbocycles. The largest absolute Gasteiger partial charge is 1.00 e. The van der Waals surface area contributed by atoms with Crippen LogP contribution in [-0.4, -0.2) is 0 Å². The van der Waals surface area contributed by atoms with E-state index >= 15 is 0 Å². The smallest absolute Gasteiger partial charge is 0.340 e. The minimum Gasteiger partial charge on any atom is -0.340 e. The molecule has 0 heterocycles. The summed E-state index contributed by atoms with van der Waals surface area (Å²) in [4.78, 5) is 0. The van der Waals surface area contributed by atoms with Gasteiger partial charge in [-0.05, 0) is 18.3 Å². The van der Waals surface area contributed by atoms with Crippen molar-refractivity contribution in [1.29, 1.82) is 0 Å². The van der Waals surface area contributed by atoms with Crippen LogP contribution in [0.1, 0.15) is 12.8 Å². The Morgan fingerprint density at radius 1 is 1.22 bits per heavy atom. The predicted octanol–water partition coefficient (Wildman–Crippen LogP) is -0.963. The Morgan fingerprint density at radius 3 is 2.22 bits per heavy atom. The van der Waals surface area contributed by atoms with E-state index in [1.54, 1.807) is 0 Å². The summed E-state index contributed by atoms with van der Waals surface area (Å²) in [7, 11) is 0. The van der Waals surface area contributed by atoms with Crippen molar-refractivity contribution in [2.24, 2.45) is 17.8 Å². The Morgan fingerprint density at radius 2 is 2.00 bits per heavy atom. The van der Waals surface area contributed by atoms with Crippen LogP contribution in [0.3, 0.4) is 0 Å². The number of hydrogen-bond donors (Lipinski definition) is 0. The molecule has 0 saturated heterocycles. The standard InChI is InChI=1S/C8H11.Li/c1-6-4-7-2-3-8(6)5-7;/h2-3,6-8H,1,4-5H2;/q-1;+1/t6-,7+,8+;/m0./s1. The molecule has 2 aliphatic rings. The molecule has 0 radical (unpaired) electrons.